The summed E-state index contributed by atoms with van der Waals surface area (Å²) < 4.78 is 0. The van der Waals surface area contributed by atoms with E-state index in [1.807, 2.05) is 12.1 Å². The van der Waals surface area contributed by atoms with Crippen molar-refractivity contribution in [2.24, 2.45) is 5.92 Å². The number of carbonyl (C=O) groups is 3. The van der Waals surface area contributed by atoms with Crippen LogP contribution < -0.4 is 16.0 Å². The second kappa shape index (κ2) is 8.63. The number of fused-ring (bicyclic) bond motifs is 1. The first kappa shape index (κ1) is 20.0. The Balaban J connectivity index is 1.35. The number of piperidine rings is 2. The zero-order valence-electron chi connectivity index (χ0n) is 17.0. The van der Waals surface area contributed by atoms with Crippen LogP contribution in [-0.2, 0) is 22.7 Å². The Labute approximate surface area is 171 Å². The van der Waals surface area contributed by atoms with Crippen molar-refractivity contribution in [3.8, 4) is 0 Å². The molecule has 3 aliphatic rings. The van der Waals surface area contributed by atoms with Crippen LogP contribution in [0.1, 0.15) is 60.5 Å². The molecule has 1 aromatic carbocycles. The van der Waals surface area contributed by atoms with E-state index < -0.39 is 6.04 Å². The highest BCUT2D eigenvalue weighted by atomic mass is 16.2. The molecule has 2 saturated heterocycles. The van der Waals surface area contributed by atoms with Crippen LogP contribution in [0.4, 0.5) is 0 Å². The Bertz CT molecular complexity index is 803. The van der Waals surface area contributed by atoms with Gasteiger partial charge in [0, 0.05) is 31.1 Å². The molecule has 2 unspecified atom stereocenters. The Morgan fingerprint density at radius 3 is 2.72 bits per heavy atom. The van der Waals surface area contributed by atoms with E-state index >= 15 is 0 Å². The minimum Gasteiger partial charge on any atom is -0.322 e. The molecule has 1 aromatic rings. The lowest BCUT2D eigenvalue weighted by Gasteiger charge is -2.29. The minimum atomic E-state index is -0.556. The van der Waals surface area contributed by atoms with Gasteiger partial charge in [0.05, 0.1) is 0 Å². The zero-order chi connectivity index (χ0) is 20.4. The molecular weight excluding hydrogens is 368 g/mol. The van der Waals surface area contributed by atoms with Crippen LogP contribution in [0.3, 0.4) is 0 Å². The number of imide groups is 1. The fraction of sp³-hybridized carbons (Fsp3) is 0.591. The van der Waals surface area contributed by atoms with E-state index in [1.54, 1.807) is 4.90 Å². The Morgan fingerprint density at radius 2 is 1.97 bits per heavy atom. The van der Waals surface area contributed by atoms with Gasteiger partial charge in [0.2, 0.25) is 11.8 Å². The first-order chi connectivity index (χ1) is 14.0. The standard InChI is InChI=1S/C22H30N4O3/c1-14(10-15-6-8-23-9-7-15)24-12-16-2-3-17-13-26(22(29)18(17)11-16)19-4-5-20(27)25-21(19)28/h2-3,11,14-15,19,23-24H,4-10,12-13H2,1H3,(H,25,27,28). The molecule has 3 heterocycles. The largest absolute Gasteiger partial charge is 0.322 e. The highest BCUT2D eigenvalue weighted by molar-refractivity contribution is 6.05. The van der Waals surface area contributed by atoms with Gasteiger partial charge in [-0.1, -0.05) is 12.1 Å². The Morgan fingerprint density at radius 1 is 1.17 bits per heavy atom. The van der Waals surface area contributed by atoms with Gasteiger partial charge in [0.15, 0.2) is 0 Å². The molecular formula is C22H30N4O3. The van der Waals surface area contributed by atoms with Crippen LogP contribution in [0.5, 0.6) is 0 Å². The number of nitrogens with zero attached hydrogens (tertiary/aromatic N) is 1. The van der Waals surface area contributed by atoms with Gasteiger partial charge in [-0.3, -0.25) is 19.7 Å². The highest BCUT2D eigenvalue weighted by Gasteiger charge is 2.39. The molecule has 3 N–H and O–H groups in total. The van der Waals surface area contributed by atoms with Gasteiger partial charge in [-0.15, -0.1) is 0 Å². The van der Waals surface area contributed by atoms with Gasteiger partial charge in [0.25, 0.3) is 5.91 Å². The number of nitrogens with one attached hydrogen (secondary N) is 3. The van der Waals surface area contributed by atoms with Gasteiger partial charge < -0.3 is 15.5 Å². The van der Waals surface area contributed by atoms with Crippen LogP contribution >= 0.6 is 0 Å². The summed E-state index contributed by atoms with van der Waals surface area (Å²) in [5.74, 6) is 0.0416. The van der Waals surface area contributed by atoms with Gasteiger partial charge in [-0.05, 0) is 68.8 Å². The normalized spacial score (nSPS) is 23.8. The average molecular weight is 399 g/mol. The molecule has 4 rings (SSSR count). The summed E-state index contributed by atoms with van der Waals surface area (Å²) in [4.78, 5) is 38.1. The van der Waals surface area contributed by atoms with Crippen LogP contribution in [0.25, 0.3) is 0 Å². The third-order valence-electron chi connectivity index (χ3n) is 6.39. The summed E-state index contributed by atoms with van der Waals surface area (Å²) in [7, 11) is 0. The zero-order valence-corrected chi connectivity index (χ0v) is 17.0. The van der Waals surface area contributed by atoms with Crippen LogP contribution in [-0.4, -0.2) is 47.8 Å². The number of rotatable bonds is 6. The number of hydrogen-bond donors (Lipinski definition) is 3. The quantitative estimate of drug-likeness (QED) is 0.629. The highest BCUT2D eigenvalue weighted by Crippen LogP contribution is 2.28. The van der Waals surface area contributed by atoms with Crippen molar-refractivity contribution in [2.45, 2.75) is 64.2 Å². The topological polar surface area (TPSA) is 90.5 Å². The maximum Gasteiger partial charge on any atom is 0.255 e. The summed E-state index contributed by atoms with van der Waals surface area (Å²) >= 11 is 0. The van der Waals surface area contributed by atoms with Crippen molar-refractivity contribution in [1.29, 1.82) is 0 Å². The number of carbonyl (C=O) groups excluding carboxylic acids is 3. The number of hydrogen-bond acceptors (Lipinski definition) is 5. The molecule has 3 amide bonds. The molecule has 0 radical (unpaired) electrons. The molecule has 29 heavy (non-hydrogen) atoms. The molecule has 2 atom stereocenters. The van der Waals surface area contributed by atoms with Crippen LogP contribution in [0.15, 0.2) is 18.2 Å². The lowest BCUT2D eigenvalue weighted by molar-refractivity contribution is -0.136. The van der Waals surface area contributed by atoms with Crippen molar-refractivity contribution in [3.05, 3.63) is 34.9 Å². The van der Waals surface area contributed by atoms with E-state index in [0.717, 1.165) is 36.7 Å². The molecule has 156 valence electrons. The molecule has 7 heteroatoms. The summed E-state index contributed by atoms with van der Waals surface area (Å²) in [6.07, 6.45) is 4.34. The monoisotopic (exact) mass is 398 g/mol. The summed E-state index contributed by atoms with van der Waals surface area (Å²) in [5, 5.41) is 9.35. The average Bonchev–Trinajstić information content (AvgIpc) is 3.03. The summed E-state index contributed by atoms with van der Waals surface area (Å²) in [6.45, 7) is 5.62. The first-order valence-electron chi connectivity index (χ1n) is 10.7. The predicted octanol–water partition coefficient (Wildman–Crippen LogP) is 1.32. The van der Waals surface area contributed by atoms with E-state index in [1.165, 1.54) is 19.3 Å². The molecule has 0 saturated carbocycles. The number of amides is 3. The molecule has 7 nitrogen and oxygen atoms in total. The smallest absolute Gasteiger partial charge is 0.255 e. The van der Waals surface area contributed by atoms with Crippen LogP contribution in [0.2, 0.25) is 0 Å². The summed E-state index contributed by atoms with van der Waals surface area (Å²) in [5.41, 5.74) is 2.71. The second-order valence-electron chi connectivity index (χ2n) is 8.60. The van der Waals surface area contributed by atoms with E-state index in [4.69, 9.17) is 0 Å². The van der Waals surface area contributed by atoms with Crippen molar-refractivity contribution in [1.82, 2.24) is 20.9 Å². The Kier molecular flexibility index (Phi) is 5.96. The predicted molar refractivity (Wildman–Crippen MR) is 109 cm³/mol. The fourth-order valence-corrected chi connectivity index (χ4v) is 4.70. The van der Waals surface area contributed by atoms with Crippen molar-refractivity contribution >= 4 is 17.7 Å². The van der Waals surface area contributed by atoms with Crippen molar-refractivity contribution in [2.75, 3.05) is 13.1 Å². The lowest BCUT2D eigenvalue weighted by Crippen LogP contribution is -2.52. The molecule has 3 aliphatic heterocycles. The maximum atomic E-state index is 12.9. The molecule has 0 bridgehead atoms. The van der Waals surface area contributed by atoms with Gasteiger partial charge in [-0.2, -0.15) is 0 Å². The van der Waals surface area contributed by atoms with Gasteiger partial charge in [-0.25, -0.2) is 0 Å². The minimum absolute atomic E-state index is 0.112. The molecule has 0 aliphatic carbocycles. The molecule has 0 spiro atoms. The fourth-order valence-electron chi connectivity index (χ4n) is 4.70. The summed E-state index contributed by atoms with van der Waals surface area (Å²) in [6, 6.07) is 5.88. The first-order valence-corrected chi connectivity index (χ1v) is 10.7. The SMILES string of the molecule is CC(CC1CCNCC1)NCc1ccc2c(c1)C(=O)N(C1CCC(=O)NC1=O)C2. The van der Waals surface area contributed by atoms with E-state index in [9.17, 15) is 14.4 Å². The van der Waals surface area contributed by atoms with Crippen LogP contribution in [0, 0.1) is 5.92 Å². The number of benzene rings is 1. The van der Waals surface area contributed by atoms with Crippen molar-refractivity contribution in [3.63, 3.8) is 0 Å². The van der Waals surface area contributed by atoms with Crippen molar-refractivity contribution < 1.29 is 14.4 Å². The van der Waals surface area contributed by atoms with E-state index in [2.05, 4.69) is 28.9 Å². The third kappa shape index (κ3) is 4.51. The molecule has 0 aromatic heterocycles. The maximum absolute atomic E-state index is 12.9. The molecule has 2 fully saturated rings. The van der Waals surface area contributed by atoms with E-state index in [0.29, 0.717) is 24.6 Å². The Hall–Kier alpha value is -2.25. The van der Waals surface area contributed by atoms with E-state index in [-0.39, 0.29) is 24.1 Å². The second-order valence-corrected chi connectivity index (χ2v) is 8.60. The lowest BCUT2D eigenvalue weighted by atomic mass is 9.91. The third-order valence-corrected chi connectivity index (χ3v) is 6.39. The van der Waals surface area contributed by atoms with Gasteiger partial charge >= 0.3 is 0 Å². The van der Waals surface area contributed by atoms with Gasteiger partial charge in [0.1, 0.15) is 6.04 Å².